The van der Waals surface area contributed by atoms with E-state index in [0.29, 0.717) is 38.0 Å². The average molecular weight is 459 g/mol. The molecule has 3 aliphatic heterocycles. The largest absolute Gasteiger partial charge is 0.459 e. The third-order valence-electron chi connectivity index (χ3n) is 6.92. The predicted molar refractivity (Wildman–Crippen MR) is 126 cm³/mol. The van der Waals surface area contributed by atoms with Gasteiger partial charge in [0.15, 0.2) is 5.76 Å². The van der Waals surface area contributed by atoms with E-state index in [2.05, 4.69) is 17.0 Å². The van der Waals surface area contributed by atoms with Gasteiger partial charge >= 0.3 is 0 Å². The number of aliphatic hydroxyl groups excluding tert-OH is 1. The second kappa shape index (κ2) is 12.5. The predicted octanol–water partition coefficient (Wildman–Crippen LogP) is 2.90. The first-order valence-electron chi connectivity index (χ1n) is 12.5. The molecule has 33 heavy (non-hydrogen) atoms. The number of hydrogen-bond acceptors (Lipinski definition) is 6. The molecule has 2 atom stereocenters. The molecule has 7 nitrogen and oxygen atoms in total. The lowest BCUT2D eigenvalue weighted by atomic mass is 9.92. The average Bonchev–Trinajstić information content (AvgIpc) is 2.89. The number of benzene rings is 1. The third-order valence-corrected chi connectivity index (χ3v) is 6.92. The van der Waals surface area contributed by atoms with E-state index in [1.165, 1.54) is 32.4 Å². The fraction of sp³-hybridized carbons (Fsp3) is 0.654. The van der Waals surface area contributed by atoms with Gasteiger partial charge in [-0.1, -0.05) is 36.8 Å². The monoisotopic (exact) mass is 458 g/mol. The van der Waals surface area contributed by atoms with E-state index in [4.69, 9.17) is 19.3 Å². The molecule has 0 radical (unpaired) electrons. The summed E-state index contributed by atoms with van der Waals surface area (Å²) in [5.74, 6) is 0.429. The number of aliphatic hydroxyl groups is 1. The first-order valence-corrected chi connectivity index (χ1v) is 12.5. The minimum atomic E-state index is -0.497. The zero-order valence-electron chi connectivity index (χ0n) is 19.6. The maximum absolute atomic E-state index is 13.4. The molecular formula is C26H38N2O5. The number of allylic oxidation sites excluding steroid dienone is 1. The van der Waals surface area contributed by atoms with Crippen LogP contribution in [0.1, 0.15) is 50.0 Å². The van der Waals surface area contributed by atoms with Crippen LogP contribution >= 0.6 is 0 Å². The summed E-state index contributed by atoms with van der Waals surface area (Å²) in [4.78, 5) is 18.0. The molecule has 182 valence electrons. The Bertz CT molecular complexity index is 757. The van der Waals surface area contributed by atoms with E-state index < -0.39 is 6.29 Å². The normalized spacial score (nSPS) is 24.9. The van der Waals surface area contributed by atoms with Crippen LogP contribution in [0, 0.1) is 0 Å². The van der Waals surface area contributed by atoms with E-state index in [9.17, 15) is 4.79 Å². The Balaban J connectivity index is 1.37. The van der Waals surface area contributed by atoms with Gasteiger partial charge < -0.3 is 29.1 Å². The first kappa shape index (κ1) is 24.2. The molecule has 3 aliphatic rings. The third kappa shape index (κ3) is 6.79. The molecule has 1 amide bonds. The number of rotatable bonds is 9. The molecule has 1 aromatic carbocycles. The van der Waals surface area contributed by atoms with Gasteiger partial charge in [-0.2, -0.15) is 0 Å². The maximum atomic E-state index is 13.4. The summed E-state index contributed by atoms with van der Waals surface area (Å²) in [6, 6.07) is 10.8. The second-order valence-electron chi connectivity index (χ2n) is 9.16. The van der Waals surface area contributed by atoms with E-state index in [-0.39, 0.29) is 18.4 Å². The summed E-state index contributed by atoms with van der Waals surface area (Å²) in [7, 11) is 0. The SMILES string of the molecule is O=C(C1=CC(c2ccccc2)CC(OCCOCCO)O1)N1CCC(N2CCCCC2)CC1. The smallest absolute Gasteiger partial charge is 0.288 e. The molecule has 0 spiro atoms. The molecule has 0 aromatic heterocycles. The van der Waals surface area contributed by atoms with Gasteiger partial charge in [0.05, 0.1) is 26.4 Å². The van der Waals surface area contributed by atoms with Gasteiger partial charge in [0.1, 0.15) is 0 Å². The van der Waals surface area contributed by atoms with Crippen LogP contribution in [0.3, 0.4) is 0 Å². The van der Waals surface area contributed by atoms with Crippen LogP contribution in [-0.2, 0) is 19.0 Å². The van der Waals surface area contributed by atoms with Crippen LogP contribution in [0.15, 0.2) is 42.2 Å². The van der Waals surface area contributed by atoms with Crippen molar-refractivity contribution >= 4 is 5.91 Å². The molecule has 2 unspecified atom stereocenters. The van der Waals surface area contributed by atoms with Crippen LogP contribution < -0.4 is 0 Å². The summed E-state index contributed by atoms with van der Waals surface area (Å²) in [6.45, 7) is 4.97. The van der Waals surface area contributed by atoms with Crippen molar-refractivity contribution in [3.63, 3.8) is 0 Å². The Morgan fingerprint density at radius 2 is 1.76 bits per heavy atom. The summed E-state index contributed by atoms with van der Waals surface area (Å²) in [6.07, 6.45) is 8.13. The minimum absolute atomic E-state index is 0.00809. The van der Waals surface area contributed by atoms with Gasteiger partial charge in [-0.25, -0.2) is 0 Å². The van der Waals surface area contributed by atoms with Gasteiger partial charge in [-0.15, -0.1) is 0 Å². The highest BCUT2D eigenvalue weighted by Crippen LogP contribution is 2.32. The molecule has 3 heterocycles. The van der Waals surface area contributed by atoms with Crippen molar-refractivity contribution in [2.45, 2.75) is 56.8 Å². The molecule has 0 aliphatic carbocycles. The van der Waals surface area contributed by atoms with Crippen molar-refractivity contribution in [1.82, 2.24) is 9.80 Å². The standard InChI is InChI=1S/C26H38N2O5/c29-15-16-31-17-18-32-25-20-22(21-7-3-1-4-8-21)19-24(33-25)26(30)28-13-9-23(10-14-28)27-11-5-2-6-12-27/h1,3-4,7-8,19,22-23,25,29H,2,5-6,9-18,20H2. The Hall–Kier alpha value is -1.93. The maximum Gasteiger partial charge on any atom is 0.288 e. The lowest BCUT2D eigenvalue weighted by Crippen LogP contribution is -2.49. The number of ether oxygens (including phenoxy) is 3. The Morgan fingerprint density at radius 3 is 2.48 bits per heavy atom. The van der Waals surface area contributed by atoms with Crippen molar-refractivity contribution in [1.29, 1.82) is 0 Å². The lowest BCUT2D eigenvalue weighted by molar-refractivity contribution is -0.157. The van der Waals surface area contributed by atoms with Gasteiger partial charge in [0.25, 0.3) is 5.91 Å². The zero-order chi connectivity index (χ0) is 22.9. The molecule has 1 aromatic rings. The minimum Gasteiger partial charge on any atom is -0.459 e. The molecule has 1 N–H and O–H groups in total. The lowest BCUT2D eigenvalue weighted by Gasteiger charge is -2.40. The van der Waals surface area contributed by atoms with Gasteiger partial charge in [0.2, 0.25) is 6.29 Å². The van der Waals surface area contributed by atoms with E-state index in [1.807, 2.05) is 29.2 Å². The number of carbonyl (C=O) groups is 1. The van der Waals surface area contributed by atoms with Crippen LogP contribution in [0.2, 0.25) is 0 Å². The Labute approximate surface area is 197 Å². The molecule has 2 saturated heterocycles. The highest BCUT2D eigenvalue weighted by Gasteiger charge is 2.33. The van der Waals surface area contributed by atoms with Crippen LogP contribution in [0.25, 0.3) is 0 Å². The molecule has 0 bridgehead atoms. The summed E-state index contributed by atoms with van der Waals surface area (Å²) >= 11 is 0. The number of hydrogen-bond donors (Lipinski definition) is 1. The van der Waals surface area contributed by atoms with Crippen molar-refractivity contribution < 1.29 is 24.1 Å². The highest BCUT2D eigenvalue weighted by atomic mass is 16.7. The topological polar surface area (TPSA) is 71.5 Å². The van der Waals surface area contributed by atoms with Crippen LogP contribution in [0.4, 0.5) is 0 Å². The summed E-state index contributed by atoms with van der Waals surface area (Å²) in [5.41, 5.74) is 1.15. The van der Waals surface area contributed by atoms with E-state index in [0.717, 1.165) is 31.5 Å². The quantitative estimate of drug-likeness (QED) is 0.574. The van der Waals surface area contributed by atoms with Crippen molar-refractivity contribution in [2.75, 3.05) is 52.6 Å². The second-order valence-corrected chi connectivity index (χ2v) is 9.16. The van der Waals surface area contributed by atoms with Gasteiger partial charge in [-0.3, -0.25) is 4.79 Å². The summed E-state index contributed by atoms with van der Waals surface area (Å²) in [5, 5.41) is 8.84. The van der Waals surface area contributed by atoms with Crippen LogP contribution in [-0.4, -0.2) is 85.8 Å². The fourth-order valence-corrected chi connectivity index (χ4v) is 5.12. The summed E-state index contributed by atoms with van der Waals surface area (Å²) < 4.78 is 17.2. The van der Waals surface area contributed by atoms with Gasteiger partial charge in [-0.05, 0) is 50.4 Å². The number of carbonyl (C=O) groups excluding carboxylic acids is 1. The molecule has 4 rings (SSSR count). The molecule has 7 heteroatoms. The first-order chi connectivity index (χ1) is 16.2. The Morgan fingerprint density at radius 1 is 1.00 bits per heavy atom. The van der Waals surface area contributed by atoms with Crippen molar-refractivity contribution in [3.8, 4) is 0 Å². The van der Waals surface area contributed by atoms with Crippen molar-refractivity contribution in [2.24, 2.45) is 0 Å². The Kier molecular flexibility index (Phi) is 9.17. The van der Waals surface area contributed by atoms with E-state index in [1.54, 1.807) is 0 Å². The highest BCUT2D eigenvalue weighted by molar-refractivity contribution is 5.91. The van der Waals surface area contributed by atoms with Gasteiger partial charge in [0, 0.05) is 31.5 Å². The number of nitrogens with zero attached hydrogens (tertiary/aromatic N) is 2. The molecule has 0 saturated carbocycles. The zero-order valence-corrected chi connectivity index (χ0v) is 19.6. The van der Waals surface area contributed by atoms with Crippen LogP contribution in [0.5, 0.6) is 0 Å². The number of piperidine rings is 2. The number of amides is 1. The molecule has 2 fully saturated rings. The van der Waals surface area contributed by atoms with E-state index >= 15 is 0 Å². The molecular weight excluding hydrogens is 420 g/mol. The van der Waals surface area contributed by atoms with Crippen molar-refractivity contribution in [3.05, 3.63) is 47.7 Å². The fourth-order valence-electron chi connectivity index (χ4n) is 5.12. The number of likely N-dealkylation sites (tertiary alicyclic amines) is 2.